The summed E-state index contributed by atoms with van der Waals surface area (Å²) < 4.78 is 40.7. The fraction of sp³-hybridized carbons (Fsp3) is 0.536. The van der Waals surface area contributed by atoms with Crippen LogP contribution in [-0.2, 0) is 24.1 Å². The zero-order valence-electron chi connectivity index (χ0n) is 22.0. The third-order valence-electron chi connectivity index (χ3n) is 7.14. The van der Waals surface area contributed by atoms with Gasteiger partial charge in [-0.2, -0.15) is 13.2 Å². The van der Waals surface area contributed by atoms with Crippen molar-refractivity contribution in [2.75, 3.05) is 70.6 Å². The van der Waals surface area contributed by atoms with Gasteiger partial charge in [-0.05, 0) is 56.1 Å². The Labute approximate surface area is 218 Å². The minimum absolute atomic E-state index is 0.0116. The summed E-state index contributed by atoms with van der Waals surface area (Å²) in [5.74, 6) is 0.587. The molecule has 2 aliphatic rings. The van der Waals surface area contributed by atoms with E-state index in [4.69, 9.17) is 0 Å². The predicted octanol–water partition coefficient (Wildman–Crippen LogP) is 4.37. The predicted molar refractivity (Wildman–Crippen MR) is 142 cm³/mol. The van der Waals surface area contributed by atoms with Crippen LogP contribution in [0.4, 0.5) is 24.5 Å². The van der Waals surface area contributed by atoms with Gasteiger partial charge in [0.1, 0.15) is 0 Å². The van der Waals surface area contributed by atoms with Gasteiger partial charge in [0.05, 0.1) is 23.5 Å². The van der Waals surface area contributed by atoms with E-state index in [9.17, 15) is 18.0 Å². The Morgan fingerprint density at radius 3 is 2.51 bits per heavy atom. The number of hydrogen-bond acceptors (Lipinski definition) is 5. The molecular weight excluding hydrogens is 479 g/mol. The molecule has 2 aromatic rings. The molecule has 1 heterocycles. The molecule has 6 nitrogen and oxygen atoms in total. The Morgan fingerprint density at radius 1 is 1.05 bits per heavy atom. The third-order valence-corrected chi connectivity index (χ3v) is 7.14. The normalized spacial score (nSPS) is 16.5. The van der Waals surface area contributed by atoms with Crippen LogP contribution in [0.5, 0.6) is 0 Å². The number of nitrogens with zero attached hydrogens (tertiary/aromatic N) is 4. The van der Waals surface area contributed by atoms with Crippen molar-refractivity contribution in [2.24, 2.45) is 5.92 Å². The molecule has 1 aliphatic carbocycles. The Hall–Kier alpha value is -2.78. The summed E-state index contributed by atoms with van der Waals surface area (Å²) in [5.41, 5.74) is 2.60. The second-order valence-electron chi connectivity index (χ2n) is 10.5. The molecule has 0 saturated heterocycles. The molecule has 1 fully saturated rings. The minimum Gasteiger partial charge on any atom is -0.374 e. The largest absolute Gasteiger partial charge is 0.416 e. The lowest BCUT2D eigenvalue weighted by Crippen LogP contribution is -2.40. The van der Waals surface area contributed by atoms with Gasteiger partial charge in [0.25, 0.3) is 0 Å². The van der Waals surface area contributed by atoms with E-state index < -0.39 is 11.7 Å². The van der Waals surface area contributed by atoms with Crippen LogP contribution in [0, 0.1) is 5.92 Å². The maximum absolute atomic E-state index is 13.6. The molecule has 0 spiro atoms. The Morgan fingerprint density at radius 2 is 1.81 bits per heavy atom. The van der Waals surface area contributed by atoms with Crippen molar-refractivity contribution in [1.29, 1.82) is 0 Å². The highest BCUT2D eigenvalue weighted by Gasteiger charge is 2.33. The highest BCUT2D eigenvalue weighted by Crippen LogP contribution is 2.35. The van der Waals surface area contributed by atoms with Crippen molar-refractivity contribution in [3.05, 3.63) is 59.2 Å². The molecule has 2 aromatic carbocycles. The van der Waals surface area contributed by atoms with Crippen LogP contribution >= 0.6 is 0 Å². The van der Waals surface area contributed by atoms with Crippen LogP contribution in [0.15, 0.2) is 42.5 Å². The van der Waals surface area contributed by atoms with E-state index in [1.807, 2.05) is 31.1 Å². The molecule has 4 rings (SSSR count). The number of benzene rings is 2. The van der Waals surface area contributed by atoms with Crippen molar-refractivity contribution in [3.8, 4) is 0 Å². The number of likely N-dealkylation sites (N-methyl/N-ethyl adjacent to an activating group) is 2. The monoisotopic (exact) mass is 517 g/mol. The number of nitrogens with one attached hydrogen (secondary N) is 1. The summed E-state index contributed by atoms with van der Waals surface area (Å²) in [6.45, 7) is 4.71. The average Bonchev–Trinajstić information content (AvgIpc) is 3.68. The Bertz CT molecular complexity index is 1070. The molecule has 1 amide bonds. The van der Waals surface area contributed by atoms with Crippen molar-refractivity contribution < 1.29 is 18.0 Å². The zero-order chi connectivity index (χ0) is 26.6. The van der Waals surface area contributed by atoms with Crippen LogP contribution in [0.3, 0.4) is 0 Å². The van der Waals surface area contributed by atoms with E-state index in [2.05, 4.69) is 28.2 Å². The number of hydrogen-bond donors (Lipinski definition) is 1. The van der Waals surface area contributed by atoms with Crippen molar-refractivity contribution in [2.45, 2.75) is 32.1 Å². The molecular formula is C28H38F3N5O. The molecule has 1 saturated carbocycles. The lowest BCUT2D eigenvalue weighted by atomic mass is 10.1. The van der Waals surface area contributed by atoms with Crippen LogP contribution in [-0.4, -0.2) is 81.0 Å². The number of fused-ring (bicyclic) bond motifs is 1. The molecule has 1 aliphatic heterocycles. The summed E-state index contributed by atoms with van der Waals surface area (Å²) in [5, 5.41) is 3.31. The van der Waals surface area contributed by atoms with Gasteiger partial charge in [0, 0.05) is 52.9 Å². The number of amides is 1. The van der Waals surface area contributed by atoms with Crippen molar-refractivity contribution in [3.63, 3.8) is 0 Å². The molecule has 37 heavy (non-hydrogen) atoms. The Balaban J connectivity index is 1.48. The number of halogens is 3. The maximum Gasteiger partial charge on any atom is 0.416 e. The van der Waals surface area contributed by atoms with E-state index in [0.717, 1.165) is 49.5 Å². The van der Waals surface area contributed by atoms with E-state index in [-0.39, 0.29) is 24.6 Å². The first-order valence-electron chi connectivity index (χ1n) is 13.0. The molecule has 0 unspecified atom stereocenters. The first-order valence-corrected chi connectivity index (χ1v) is 13.0. The number of carbonyl (C=O) groups excluding carboxylic acids is 1. The van der Waals surface area contributed by atoms with Crippen LogP contribution in [0.1, 0.15) is 29.5 Å². The summed E-state index contributed by atoms with van der Waals surface area (Å²) in [4.78, 5) is 21.5. The zero-order valence-corrected chi connectivity index (χ0v) is 22.0. The van der Waals surface area contributed by atoms with Crippen LogP contribution < -0.4 is 10.2 Å². The topological polar surface area (TPSA) is 42.1 Å². The SMILES string of the molecule is CN(C)CCN(Cc1ccccc1C(F)(F)F)C(=O)CNc1cccc2c1N(C)CCN(CC1CC1)C2. The van der Waals surface area contributed by atoms with Crippen LogP contribution in [0.2, 0.25) is 0 Å². The standard InChI is InChI=1S/C28H38F3N5O/c1-33(2)13-16-36(20-22-7-4-5-9-24(22)28(29,30)31)26(37)17-32-25-10-6-8-23-19-35(18-21-11-12-21)15-14-34(3)27(23)25/h4-10,21,32H,11-20H2,1-3H3. The molecule has 0 atom stereocenters. The smallest absolute Gasteiger partial charge is 0.374 e. The quantitative estimate of drug-likeness (QED) is 0.507. The third kappa shape index (κ3) is 7.38. The van der Waals surface area contributed by atoms with E-state index in [1.54, 1.807) is 6.07 Å². The second-order valence-corrected chi connectivity index (χ2v) is 10.5. The van der Waals surface area contributed by atoms with E-state index >= 15 is 0 Å². The number of anilines is 2. The summed E-state index contributed by atoms with van der Waals surface area (Å²) in [6.07, 6.45) is -1.83. The molecule has 9 heteroatoms. The van der Waals surface area contributed by atoms with Gasteiger partial charge >= 0.3 is 6.18 Å². The van der Waals surface area contributed by atoms with Gasteiger partial charge in [-0.1, -0.05) is 30.3 Å². The summed E-state index contributed by atoms with van der Waals surface area (Å²) in [6, 6.07) is 11.6. The number of rotatable bonds is 10. The minimum atomic E-state index is -4.47. The molecule has 1 N–H and O–H groups in total. The first-order chi connectivity index (χ1) is 17.6. The summed E-state index contributed by atoms with van der Waals surface area (Å²) >= 11 is 0. The Kier molecular flexibility index (Phi) is 8.64. The van der Waals surface area contributed by atoms with Gasteiger partial charge in [0.15, 0.2) is 0 Å². The number of para-hydroxylation sites is 1. The number of carbonyl (C=O) groups is 1. The molecule has 202 valence electrons. The molecule has 0 bridgehead atoms. The van der Waals surface area contributed by atoms with Gasteiger partial charge in [0.2, 0.25) is 5.91 Å². The maximum atomic E-state index is 13.6. The fourth-order valence-electron chi connectivity index (χ4n) is 4.89. The van der Waals surface area contributed by atoms with Crippen molar-refractivity contribution in [1.82, 2.24) is 14.7 Å². The number of alkyl halides is 3. The first kappa shape index (κ1) is 27.3. The van der Waals surface area contributed by atoms with Crippen LogP contribution in [0.25, 0.3) is 0 Å². The lowest BCUT2D eigenvalue weighted by molar-refractivity contribution is -0.139. The van der Waals surface area contributed by atoms with Crippen molar-refractivity contribution >= 4 is 17.3 Å². The average molecular weight is 518 g/mol. The van der Waals surface area contributed by atoms with E-state index in [0.29, 0.717) is 13.1 Å². The van der Waals surface area contributed by atoms with Gasteiger partial charge < -0.3 is 20.0 Å². The molecule has 0 aromatic heterocycles. The summed E-state index contributed by atoms with van der Waals surface area (Å²) in [7, 11) is 5.84. The van der Waals surface area contributed by atoms with Gasteiger partial charge in [-0.3, -0.25) is 9.69 Å². The van der Waals surface area contributed by atoms with E-state index in [1.165, 1.54) is 35.4 Å². The lowest BCUT2D eigenvalue weighted by Gasteiger charge is -2.27. The fourth-order valence-corrected chi connectivity index (χ4v) is 4.89. The highest BCUT2D eigenvalue weighted by atomic mass is 19.4. The highest BCUT2D eigenvalue weighted by molar-refractivity contribution is 5.83. The van der Waals surface area contributed by atoms with Gasteiger partial charge in [-0.15, -0.1) is 0 Å². The van der Waals surface area contributed by atoms with Gasteiger partial charge in [-0.25, -0.2) is 0 Å². The second kappa shape index (κ2) is 11.7. The molecule has 0 radical (unpaired) electrons.